The second-order valence-corrected chi connectivity index (χ2v) is 4.59. The summed E-state index contributed by atoms with van der Waals surface area (Å²) in [5, 5.41) is 3.20. The molecule has 1 N–H and O–H groups in total. The maximum atomic E-state index is 11.8. The topological polar surface area (TPSA) is 32.3 Å². The van der Waals surface area contributed by atoms with Crippen LogP contribution in [0.4, 0.5) is 0 Å². The number of hydrogen-bond donors (Lipinski definition) is 1. The van der Waals surface area contributed by atoms with Gasteiger partial charge in [0.25, 0.3) is 0 Å². The standard InChI is InChI=1S/C11H18N2OS/c1-3-8-15-9-7-13-6-5-10(11(13)14)12-4-2/h1,10,12H,4-9H2,2H3. The van der Waals surface area contributed by atoms with Crippen molar-refractivity contribution in [1.82, 2.24) is 10.2 Å². The SMILES string of the molecule is C#CCSCCN1CCC(NCC)C1=O. The van der Waals surface area contributed by atoms with Crippen LogP contribution in [0.15, 0.2) is 0 Å². The molecule has 1 aliphatic rings. The molecule has 0 aliphatic carbocycles. The monoisotopic (exact) mass is 226 g/mol. The summed E-state index contributed by atoms with van der Waals surface area (Å²) in [6, 6.07) is 0.0487. The Labute approximate surface area is 96.0 Å². The number of likely N-dealkylation sites (N-methyl/N-ethyl adjacent to an activating group) is 1. The van der Waals surface area contributed by atoms with Crippen molar-refractivity contribution in [2.75, 3.05) is 31.1 Å². The summed E-state index contributed by atoms with van der Waals surface area (Å²) >= 11 is 1.71. The predicted octanol–water partition coefficient (Wildman–Crippen LogP) is 0.563. The van der Waals surface area contributed by atoms with Crippen LogP contribution in [-0.4, -0.2) is 48.0 Å². The van der Waals surface area contributed by atoms with E-state index in [0.717, 1.165) is 37.6 Å². The predicted molar refractivity (Wildman–Crippen MR) is 64.8 cm³/mol. The Morgan fingerprint density at radius 1 is 1.73 bits per heavy atom. The van der Waals surface area contributed by atoms with E-state index in [1.54, 1.807) is 11.8 Å². The average Bonchev–Trinajstić information content (AvgIpc) is 2.57. The van der Waals surface area contributed by atoms with Gasteiger partial charge in [-0.3, -0.25) is 4.79 Å². The van der Waals surface area contributed by atoms with E-state index in [2.05, 4.69) is 11.2 Å². The third kappa shape index (κ3) is 3.77. The lowest BCUT2D eigenvalue weighted by Crippen LogP contribution is -2.38. The van der Waals surface area contributed by atoms with Gasteiger partial charge in [0, 0.05) is 18.8 Å². The Morgan fingerprint density at radius 2 is 2.53 bits per heavy atom. The first-order valence-corrected chi connectivity index (χ1v) is 6.48. The summed E-state index contributed by atoms with van der Waals surface area (Å²) in [4.78, 5) is 13.7. The third-order valence-corrected chi connectivity index (χ3v) is 3.28. The van der Waals surface area contributed by atoms with E-state index in [4.69, 9.17) is 6.42 Å². The Balaban J connectivity index is 2.21. The van der Waals surface area contributed by atoms with Crippen molar-refractivity contribution in [1.29, 1.82) is 0 Å². The van der Waals surface area contributed by atoms with E-state index in [0.29, 0.717) is 0 Å². The number of terminal acetylenes is 1. The van der Waals surface area contributed by atoms with Crippen molar-refractivity contribution in [3.05, 3.63) is 0 Å². The summed E-state index contributed by atoms with van der Waals surface area (Å²) in [5.74, 6) is 4.50. The maximum Gasteiger partial charge on any atom is 0.239 e. The molecule has 0 bridgehead atoms. The number of nitrogens with zero attached hydrogens (tertiary/aromatic N) is 1. The number of hydrogen-bond acceptors (Lipinski definition) is 3. The van der Waals surface area contributed by atoms with Crippen LogP contribution in [0.25, 0.3) is 0 Å². The molecule has 1 aliphatic heterocycles. The molecule has 1 heterocycles. The molecule has 1 saturated heterocycles. The number of thioether (sulfide) groups is 1. The van der Waals surface area contributed by atoms with Crippen LogP contribution in [0.2, 0.25) is 0 Å². The first kappa shape index (κ1) is 12.4. The van der Waals surface area contributed by atoms with Crippen molar-refractivity contribution >= 4 is 17.7 Å². The second kappa shape index (κ2) is 6.76. The highest BCUT2D eigenvalue weighted by Crippen LogP contribution is 2.12. The Kier molecular flexibility index (Phi) is 5.59. The largest absolute Gasteiger partial charge is 0.340 e. The molecule has 15 heavy (non-hydrogen) atoms. The molecule has 0 aromatic carbocycles. The highest BCUT2D eigenvalue weighted by atomic mass is 32.2. The van der Waals surface area contributed by atoms with Crippen LogP contribution in [-0.2, 0) is 4.79 Å². The zero-order valence-corrected chi connectivity index (χ0v) is 9.98. The lowest BCUT2D eigenvalue weighted by Gasteiger charge is -2.16. The van der Waals surface area contributed by atoms with Gasteiger partial charge in [-0.25, -0.2) is 0 Å². The van der Waals surface area contributed by atoms with Gasteiger partial charge in [0.05, 0.1) is 11.8 Å². The minimum atomic E-state index is 0.0487. The van der Waals surface area contributed by atoms with E-state index in [1.165, 1.54) is 0 Å². The maximum absolute atomic E-state index is 11.8. The fourth-order valence-electron chi connectivity index (χ4n) is 1.70. The van der Waals surface area contributed by atoms with E-state index in [-0.39, 0.29) is 11.9 Å². The van der Waals surface area contributed by atoms with Gasteiger partial charge in [-0.1, -0.05) is 12.8 Å². The van der Waals surface area contributed by atoms with Crippen LogP contribution in [0, 0.1) is 12.3 Å². The van der Waals surface area contributed by atoms with Crippen molar-refractivity contribution in [3.8, 4) is 12.3 Å². The molecule has 1 atom stereocenters. The van der Waals surface area contributed by atoms with Gasteiger partial charge in [0.15, 0.2) is 0 Å². The molecule has 3 nitrogen and oxygen atoms in total. The molecule has 4 heteroatoms. The van der Waals surface area contributed by atoms with E-state index in [1.807, 2.05) is 11.8 Å². The summed E-state index contributed by atoms with van der Waals surface area (Å²) in [6.45, 7) is 4.59. The first-order chi connectivity index (χ1) is 7.29. The van der Waals surface area contributed by atoms with Crippen molar-refractivity contribution < 1.29 is 4.79 Å². The summed E-state index contributed by atoms with van der Waals surface area (Å²) < 4.78 is 0. The normalized spacial score (nSPS) is 20.7. The first-order valence-electron chi connectivity index (χ1n) is 5.33. The second-order valence-electron chi connectivity index (χ2n) is 3.48. The fourth-order valence-corrected chi connectivity index (χ4v) is 2.31. The molecule has 0 spiro atoms. The zero-order chi connectivity index (χ0) is 11.1. The molecule has 0 radical (unpaired) electrons. The van der Waals surface area contributed by atoms with Crippen molar-refractivity contribution in [3.63, 3.8) is 0 Å². The molecule has 1 fully saturated rings. The minimum Gasteiger partial charge on any atom is -0.340 e. The Morgan fingerprint density at radius 3 is 3.20 bits per heavy atom. The smallest absolute Gasteiger partial charge is 0.239 e. The molecule has 0 aromatic rings. The van der Waals surface area contributed by atoms with Crippen molar-refractivity contribution in [2.24, 2.45) is 0 Å². The van der Waals surface area contributed by atoms with Gasteiger partial charge >= 0.3 is 0 Å². The molecule has 1 amide bonds. The van der Waals surface area contributed by atoms with E-state index >= 15 is 0 Å². The Hall–Kier alpha value is -0.660. The number of likely N-dealkylation sites (tertiary alicyclic amines) is 1. The van der Waals surface area contributed by atoms with Crippen molar-refractivity contribution in [2.45, 2.75) is 19.4 Å². The minimum absolute atomic E-state index is 0.0487. The summed E-state index contributed by atoms with van der Waals surface area (Å²) in [6.07, 6.45) is 6.09. The molecule has 0 aromatic heterocycles. The quantitative estimate of drug-likeness (QED) is 0.531. The number of amides is 1. The van der Waals surface area contributed by atoms with Gasteiger partial charge < -0.3 is 10.2 Å². The van der Waals surface area contributed by atoms with Crippen LogP contribution in [0.5, 0.6) is 0 Å². The van der Waals surface area contributed by atoms with Gasteiger partial charge in [-0.2, -0.15) is 0 Å². The Bertz CT molecular complexity index is 249. The van der Waals surface area contributed by atoms with E-state index < -0.39 is 0 Å². The number of carbonyl (C=O) groups excluding carboxylic acids is 1. The highest BCUT2D eigenvalue weighted by molar-refractivity contribution is 7.99. The van der Waals surface area contributed by atoms with Crippen LogP contribution >= 0.6 is 11.8 Å². The van der Waals surface area contributed by atoms with Crippen LogP contribution in [0.3, 0.4) is 0 Å². The number of nitrogens with one attached hydrogen (secondary N) is 1. The molecular formula is C11H18N2OS. The number of rotatable bonds is 6. The van der Waals surface area contributed by atoms with Crippen LogP contribution < -0.4 is 5.32 Å². The zero-order valence-electron chi connectivity index (χ0n) is 9.16. The molecule has 1 rings (SSSR count). The van der Waals surface area contributed by atoms with Gasteiger partial charge in [-0.15, -0.1) is 18.2 Å². The molecule has 84 valence electrons. The fraction of sp³-hybridized carbons (Fsp3) is 0.727. The third-order valence-electron chi connectivity index (χ3n) is 2.44. The highest BCUT2D eigenvalue weighted by Gasteiger charge is 2.29. The average molecular weight is 226 g/mol. The molecular weight excluding hydrogens is 208 g/mol. The molecule has 0 saturated carbocycles. The van der Waals surface area contributed by atoms with Gasteiger partial charge in [0.2, 0.25) is 5.91 Å². The van der Waals surface area contributed by atoms with Gasteiger partial charge in [-0.05, 0) is 13.0 Å². The van der Waals surface area contributed by atoms with Crippen LogP contribution in [0.1, 0.15) is 13.3 Å². The van der Waals surface area contributed by atoms with Gasteiger partial charge in [0.1, 0.15) is 0 Å². The lowest BCUT2D eigenvalue weighted by molar-refractivity contribution is -0.129. The molecule has 1 unspecified atom stereocenters. The van der Waals surface area contributed by atoms with E-state index in [9.17, 15) is 4.79 Å². The summed E-state index contributed by atoms with van der Waals surface area (Å²) in [5.41, 5.74) is 0. The lowest BCUT2D eigenvalue weighted by atomic mass is 10.2. The summed E-state index contributed by atoms with van der Waals surface area (Å²) in [7, 11) is 0. The number of carbonyl (C=O) groups is 1.